The van der Waals surface area contributed by atoms with Gasteiger partial charge in [-0.05, 0) is 37.2 Å². The van der Waals surface area contributed by atoms with Crippen LogP contribution in [0.15, 0.2) is 29.4 Å². The van der Waals surface area contributed by atoms with E-state index in [4.69, 9.17) is 17.1 Å². The van der Waals surface area contributed by atoms with Gasteiger partial charge in [-0.3, -0.25) is 0 Å². The molecule has 0 heterocycles. The first-order chi connectivity index (χ1) is 7.74. The Morgan fingerprint density at radius 2 is 2.19 bits per heavy atom. The van der Waals surface area contributed by atoms with Crippen LogP contribution in [0.1, 0.15) is 12.0 Å². The van der Waals surface area contributed by atoms with Crippen molar-refractivity contribution in [2.75, 3.05) is 20.1 Å². The lowest BCUT2D eigenvalue weighted by molar-refractivity contribution is 0.324. The SMILES string of the molecule is CN(CCCN=[N+]=[N-])Cc1ccccc1Cl. The molecule has 0 aliphatic carbocycles. The summed E-state index contributed by atoms with van der Waals surface area (Å²) in [6.45, 7) is 2.25. The van der Waals surface area contributed by atoms with Crippen molar-refractivity contribution in [1.82, 2.24) is 4.90 Å². The first kappa shape index (κ1) is 12.8. The molecular formula is C11H15ClN4. The lowest BCUT2D eigenvalue weighted by Gasteiger charge is -2.16. The van der Waals surface area contributed by atoms with Crippen LogP contribution < -0.4 is 0 Å². The van der Waals surface area contributed by atoms with Crippen molar-refractivity contribution in [1.29, 1.82) is 0 Å². The minimum Gasteiger partial charge on any atom is -0.302 e. The maximum atomic E-state index is 8.13. The second-order valence-corrected chi connectivity index (χ2v) is 4.04. The maximum Gasteiger partial charge on any atom is 0.0451 e. The highest BCUT2D eigenvalue weighted by Gasteiger charge is 2.02. The second-order valence-electron chi connectivity index (χ2n) is 3.64. The van der Waals surface area contributed by atoms with Gasteiger partial charge in [-0.25, -0.2) is 0 Å². The van der Waals surface area contributed by atoms with Gasteiger partial charge >= 0.3 is 0 Å². The average Bonchev–Trinajstić information content (AvgIpc) is 2.28. The zero-order chi connectivity index (χ0) is 11.8. The van der Waals surface area contributed by atoms with E-state index in [-0.39, 0.29) is 0 Å². The van der Waals surface area contributed by atoms with Crippen LogP contribution in [0, 0.1) is 0 Å². The summed E-state index contributed by atoms with van der Waals surface area (Å²) >= 11 is 6.06. The Morgan fingerprint density at radius 1 is 1.44 bits per heavy atom. The van der Waals surface area contributed by atoms with Crippen LogP contribution in [0.2, 0.25) is 5.02 Å². The van der Waals surface area contributed by atoms with Crippen LogP contribution in [-0.4, -0.2) is 25.0 Å². The summed E-state index contributed by atoms with van der Waals surface area (Å²) in [4.78, 5) is 4.88. The van der Waals surface area contributed by atoms with Crippen molar-refractivity contribution in [2.24, 2.45) is 5.11 Å². The van der Waals surface area contributed by atoms with Crippen molar-refractivity contribution in [3.05, 3.63) is 45.3 Å². The quantitative estimate of drug-likeness (QED) is 0.324. The first-order valence-electron chi connectivity index (χ1n) is 5.17. The van der Waals surface area contributed by atoms with Crippen molar-refractivity contribution in [3.8, 4) is 0 Å². The molecule has 5 heteroatoms. The summed E-state index contributed by atoms with van der Waals surface area (Å²) in [7, 11) is 2.03. The molecule has 0 aliphatic heterocycles. The Morgan fingerprint density at radius 3 is 2.88 bits per heavy atom. The van der Waals surface area contributed by atoms with Gasteiger partial charge in [0.15, 0.2) is 0 Å². The summed E-state index contributed by atoms with van der Waals surface area (Å²) in [6, 6.07) is 7.82. The minimum absolute atomic E-state index is 0.545. The van der Waals surface area contributed by atoms with E-state index in [9.17, 15) is 0 Å². The van der Waals surface area contributed by atoms with E-state index in [1.54, 1.807) is 0 Å². The molecule has 0 spiro atoms. The fraction of sp³-hybridized carbons (Fsp3) is 0.455. The van der Waals surface area contributed by atoms with E-state index in [0.717, 1.165) is 30.1 Å². The third-order valence-corrected chi connectivity index (χ3v) is 2.63. The molecular weight excluding hydrogens is 224 g/mol. The van der Waals surface area contributed by atoms with Crippen molar-refractivity contribution in [2.45, 2.75) is 13.0 Å². The summed E-state index contributed by atoms with van der Waals surface area (Å²) in [6.07, 6.45) is 0.866. The lowest BCUT2D eigenvalue weighted by atomic mass is 10.2. The molecule has 1 rings (SSSR count). The predicted octanol–water partition coefficient (Wildman–Crippen LogP) is 3.47. The standard InChI is InChI=1S/C11H15ClN4/c1-16(8-4-7-14-15-13)9-10-5-2-3-6-11(10)12/h2-3,5-6H,4,7-9H2,1H3. The molecule has 0 amide bonds. The van der Waals surface area contributed by atoms with Gasteiger partial charge in [0.2, 0.25) is 0 Å². The maximum absolute atomic E-state index is 8.13. The number of azide groups is 1. The van der Waals surface area contributed by atoms with Crippen LogP contribution in [0.4, 0.5) is 0 Å². The van der Waals surface area contributed by atoms with Gasteiger partial charge < -0.3 is 4.90 Å². The van der Waals surface area contributed by atoms with Crippen molar-refractivity contribution in [3.63, 3.8) is 0 Å². The molecule has 4 nitrogen and oxygen atoms in total. The topological polar surface area (TPSA) is 52.0 Å². The molecule has 0 N–H and O–H groups in total. The number of rotatable bonds is 6. The van der Waals surface area contributed by atoms with Gasteiger partial charge in [0, 0.05) is 23.0 Å². The second kappa shape index (κ2) is 7.12. The van der Waals surface area contributed by atoms with Gasteiger partial charge in [0.1, 0.15) is 0 Å². The van der Waals surface area contributed by atoms with E-state index in [1.807, 2.05) is 31.3 Å². The Kier molecular flexibility index (Phi) is 5.72. The highest BCUT2D eigenvalue weighted by Crippen LogP contribution is 2.16. The van der Waals surface area contributed by atoms with E-state index in [0.29, 0.717) is 6.54 Å². The average molecular weight is 239 g/mol. The van der Waals surface area contributed by atoms with Crippen molar-refractivity contribution >= 4 is 11.6 Å². The largest absolute Gasteiger partial charge is 0.302 e. The smallest absolute Gasteiger partial charge is 0.0451 e. The molecule has 1 aromatic carbocycles. The molecule has 0 saturated carbocycles. The highest BCUT2D eigenvalue weighted by atomic mass is 35.5. The van der Waals surface area contributed by atoms with Gasteiger partial charge in [-0.2, -0.15) is 0 Å². The number of benzene rings is 1. The lowest BCUT2D eigenvalue weighted by Crippen LogP contribution is -2.19. The summed E-state index contributed by atoms with van der Waals surface area (Å²) < 4.78 is 0. The summed E-state index contributed by atoms with van der Waals surface area (Å²) in [5, 5.41) is 4.29. The normalized spacial score (nSPS) is 10.2. The van der Waals surface area contributed by atoms with Crippen LogP contribution in [-0.2, 0) is 6.54 Å². The monoisotopic (exact) mass is 238 g/mol. The number of nitrogens with zero attached hydrogens (tertiary/aromatic N) is 4. The van der Waals surface area contributed by atoms with Crippen LogP contribution in [0.5, 0.6) is 0 Å². The predicted molar refractivity (Wildman–Crippen MR) is 66.4 cm³/mol. The Hall–Kier alpha value is -1.22. The fourth-order valence-corrected chi connectivity index (χ4v) is 1.65. The number of halogens is 1. The number of hydrogen-bond donors (Lipinski definition) is 0. The Bertz CT molecular complexity index is 374. The molecule has 86 valence electrons. The van der Waals surface area contributed by atoms with E-state index in [1.165, 1.54) is 0 Å². The van der Waals surface area contributed by atoms with Crippen LogP contribution >= 0.6 is 11.6 Å². The molecule has 0 radical (unpaired) electrons. The molecule has 0 aliphatic rings. The third-order valence-electron chi connectivity index (χ3n) is 2.26. The van der Waals surface area contributed by atoms with E-state index < -0.39 is 0 Å². The van der Waals surface area contributed by atoms with E-state index >= 15 is 0 Å². The van der Waals surface area contributed by atoms with Crippen molar-refractivity contribution < 1.29 is 0 Å². The van der Waals surface area contributed by atoms with Crippen LogP contribution in [0.3, 0.4) is 0 Å². The molecule has 0 bridgehead atoms. The summed E-state index contributed by atoms with van der Waals surface area (Å²) in [5.41, 5.74) is 9.25. The highest BCUT2D eigenvalue weighted by molar-refractivity contribution is 6.31. The van der Waals surface area contributed by atoms with Gasteiger partial charge in [0.25, 0.3) is 0 Å². The Balaban J connectivity index is 2.36. The fourth-order valence-electron chi connectivity index (χ4n) is 1.45. The zero-order valence-corrected chi connectivity index (χ0v) is 10.1. The molecule has 1 aromatic rings. The molecule has 0 saturated heterocycles. The first-order valence-corrected chi connectivity index (χ1v) is 5.54. The molecule has 0 atom stereocenters. The Labute approximate surface area is 100 Å². The molecule has 0 unspecified atom stereocenters. The van der Waals surface area contributed by atoms with Crippen LogP contribution in [0.25, 0.3) is 10.4 Å². The molecule has 0 aromatic heterocycles. The zero-order valence-electron chi connectivity index (χ0n) is 9.30. The molecule has 0 fully saturated rings. The third kappa shape index (κ3) is 4.53. The van der Waals surface area contributed by atoms with Gasteiger partial charge in [0.05, 0.1) is 0 Å². The number of hydrogen-bond acceptors (Lipinski definition) is 2. The van der Waals surface area contributed by atoms with Gasteiger partial charge in [-0.1, -0.05) is 34.9 Å². The summed E-state index contributed by atoms with van der Waals surface area (Å²) in [5.74, 6) is 0. The minimum atomic E-state index is 0.545. The van der Waals surface area contributed by atoms with E-state index in [2.05, 4.69) is 14.9 Å². The van der Waals surface area contributed by atoms with Gasteiger partial charge in [-0.15, -0.1) is 0 Å². The molecule has 16 heavy (non-hydrogen) atoms.